The highest BCUT2D eigenvalue weighted by molar-refractivity contribution is 6.17. The van der Waals surface area contributed by atoms with Crippen LogP contribution < -0.4 is 4.74 Å². The predicted octanol–water partition coefficient (Wildman–Crippen LogP) is 3.92. The quantitative estimate of drug-likeness (QED) is 0.816. The van der Waals surface area contributed by atoms with Gasteiger partial charge in [0, 0.05) is 5.88 Å². The fraction of sp³-hybridized carbons (Fsp3) is 0.0769. The molecule has 16 heavy (non-hydrogen) atoms. The average Bonchev–Trinajstić information content (AvgIpc) is 2.33. The zero-order chi connectivity index (χ0) is 11.4. The lowest BCUT2D eigenvalue weighted by Gasteiger charge is -2.08. The summed E-state index contributed by atoms with van der Waals surface area (Å²) in [4.78, 5) is 0. The highest BCUT2D eigenvalue weighted by Crippen LogP contribution is 2.31. The standard InChI is InChI=1S/C13H11ClO2/c14-9-10-6-7-13(12(15)8-10)16-11-4-2-1-3-5-11/h1-8,15H,9H2. The van der Waals surface area contributed by atoms with Crippen molar-refractivity contribution in [3.05, 3.63) is 54.1 Å². The Labute approximate surface area is 99.1 Å². The molecule has 0 aliphatic rings. The summed E-state index contributed by atoms with van der Waals surface area (Å²) in [6.45, 7) is 0. The van der Waals surface area contributed by atoms with Crippen molar-refractivity contribution in [3.8, 4) is 17.2 Å². The Morgan fingerprint density at radius 2 is 1.81 bits per heavy atom. The van der Waals surface area contributed by atoms with Gasteiger partial charge in [-0.3, -0.25) is 0 Å². The molecular weight excluding hydrogens is 224 g/mol. The van der Waals surface area contributed by atoms with Crippen LogP contribution in [0, 0.1) is 0 Å². The second kappa shape index (κ2) is 4.90. The smallest absolute Gasteiger partial charge is 0.169 e. The van der Waals surface area contributed by atoms with Gasteiger partial charge in [-0.05, 0) is 29.8 Å². The molecule has 0 saturated carbocycles. The van der Waals surface area contributed by atoms with Gasteiger partial charge in [0.05, 0.1) is 0 Å². The Kier molecular flexibility index (Phi) is 3.32. The molecule has 1 N–H and O–H groups in total. The summed E-state index contributed by atoms with van der Waals surface area (Å²) in [5.41, 5.74) is 0.861. The van der Waals surface area contributed by atoms with Crippen LogP contribution in [0.4, 0.5) is 0 Å². The van der Waals surface area contributed by atoms with Gasteiger partial charge >= 0.3 is 0 Å². The van der Waals surface area contributed by atoms with E-state index in [1.54, 1.807) is 12.1 Å². The van der Waals surface area contributed by atoms with Crippen LogP contribution in [0.1, 0.15) is 5.56 Å². The highest BCUT2D eigenvalue weighted by Gasteiger charge is 2.04. The van der Waals surface area contributed by atoms with Crippen LogP contribution in [0.3, 0.4) is 0 Å². The number of aromatic hydroxyl groups is 1. The van der Waals surface area contributed by atoms with Crippen molar-refractivity contribution < 1.29 is 9.84 Å². The van der Waals surface area contributed by atoms with Gasteiger partial charge in [0.2, 0.25) is 0 Å². The number of phenols is 1. The maximum absolute atomic E-state index is 9.70. The molecule has 0 bridgehead atoms. The first-order valence-corrected chi connectivity index (χ1v) is 5.44. The molecule has 0 unspecified atom stereocenters. The lowest BCUT2D eigenvalue weighted by atomic mass is 10.2. The van der Waals surface area contributed by atoms with E-state index in [0.717, 1.165) is 5.56 Å². The third-order valence-electron chi connectivity index (χ3n) is 2.15. The number of alkyl halides is 1. The molecule has 0 spiro atoms. The van der Waals surface area contributed by atoms with Gasteiger partial charge in [0.1, 0.15) is 5.75 Å². The molecule has 0 saturated heterocycles. The number of phenolic OH excluding ortho intramolecular Hbond substituents is 1. The van der Waals surface area contributed by atoms with E-state index in [0.29, 0.717) is 17.4 Å². The van der Waals surface area contributed by atoms with Gasteiger partial charge in [-0.1, -0.05) is 24.3 Å². The Morgan fingerprint density at radius 3 is 2.44 bits per heavy atom. The van der Waals surface area contributed by atoms with Crippen molar-refractivity contribution >= 4 is 11.6 Å². The van der Waals surface area contributed by atoms with Crippen LogP contribution in [0.25, 0.3) is 0 Å². The Hall–Kier alpha value is -1.67. The monoisotopic (exact) mass is 234 g/mol. The van der Waals surface area contributed by atoms with Gasteiger partial charge in [-0.15, -0.1) is 11.6 Å². The summed E-state index contributed by atoms with van der Waals surface area (Å²) >= 11 is 5.66. The predicted molar refractivity (Wildman–Crippen MR) is 64.2 cm³/mol. The highest BCUT2D eigenvalue weighted by atomic mass is 35.5. The van der Waals surface area contributed by atoms with E-state index in [9.17, 15) is 5.11 Å². The number of hydrogen-bond acceptors (Lipinski definition) is 2. The van der Waals surface area contributed by atoms with Crippen molar-refractivity contribution in [2.45, 2.75) is 5.88 Å². The normalized spacial score (nSPS) is 10.1. The maximum Gasteiger partial charge on any atom is 0.169 e. The van der Waals surface area contributed by atoms with E-state index in [1.165, 1.54) is 0 Å². The molecule has 0 aliphatic carbocycles. The van der Waals surface area contributed by atoms with Gasteiger partial charge < -0.3 is 9.84 Å². The zero-order valence-corrected chi connectivity index (χ0v) is 9.32. The molecule has 3 heteroatoms. The molecule has 2 rings (SSSR count). The fourth-order valence-corrected chi connectivity index (χ4v) is 1.51. The van der Waals surface area contributed by atoms with Crippen molar-refractivity contribution in [1.82, 2.24) is 0 Å². The molecule has 82 valence electrons. The minimum absolute atomic E-state index is 0.0991. The number of para-hydroxylation sites is 1. The summed E-state index contributed by atoms with van der Waals surface area (Å²) < 4.78 is 5.52. The lowest BCUT2D eigenvalue weighted by Crippen LogP contribution is -1.85. The molecule has 0 fully saturated rings. The first kappa shape index (κ1) is 10.8. The molecule has 0 amide bonds. The van der Waals surface area contributed by atoms with Crippen LogP contribution in [0.15, 0.2) is 48.5 Å². The summed E-state index contributed by atoms with van der Waals surface area (Å²) in [6.07, 6.45) is 0. The van der Waals surface area contributed by atoms with Gasteiger partial charge in [0.25, 0.3) is 0 Å². The van der Waals surface area contributed by atoms with Gasteiger partial charge in [-0.2, -0.15) is 0 Å². The fourth-order valence-electron chi connectivity index (χ4n) is 1.35. The molecule has 2 aromatic rings. The minimum atomic E-state index is 0.0991. The van der Waals surface area contributed by atoms with Crippen LogP contribution in [-0.4, -0.2) is 5.11 Å². The van der Waals surface area contributed by atoms with E-state index in [2.05, 4.69) is 0 Å². The second-order valence-corrected chi connectivity index (χ2v) is 3.62. The Balaban J connectivity index is 2.22. The van der Waals surface area contributed by atoms with Crippen LogP contribution in [-0.2, 0) is 5.88 Å². The first-order valence-electron chi connectivity index (χ1n) is 4.90. The number of ether oxygens (including phenoxy) is 1. The number of halogens is 1. The van der Waals surface area contributed by atoms with E-state index >= 15 is 0 Å². The SMILES string of the molecule is Oc1cc(CCl)ccc1Oc1ccccc1. The number of rotatable bonds is 3. The van der Waals surface area contributed by atoms with E-state index in [-0.39, 0.29) is 5.75 Å². The van der Waals surface area contributed by atoms with Crippen LogP contribution >= 0.6 is 11.6 Å². The molecule has 0 radical (unpaired) electrons. The van der Waals surface area contributed by atoms with Crippen molar-refractivity contribution in [3.63, 3.8) is 0 Å². The van der Waals surface area contributed by atoms with Gasteiger partial charge in [0.15, 0.2) is 11.5 Å². The van der Waals surface area contributed by atoms with Crippen LogP contribution in [0.5, 0.6) is 17.2 Å². The summed E-state index contributed by atoms with van der Waals surface area (Å²) in [6, 6.07) is 14.4. The van der Waals surface area contributed by atoms with E-state index < -0.39 is 0 Å². The average molecular weight is 235 g/mol. The summed E-state index contributed by atoms with van der Waals surface area (Å²) in [5.74, 6) is 1.60. The van der Waals surface area contributed by atoms with Crippen molar-refractivity contribution in [2.75, 3.05) is 0 Å². The number of hydrogen-bond donors (Lipinski definition) is 1. The van der Waals surface area contributed by atoms with Gasteiger partial charge in [-0.25, -0.2) is 0 Å². The maximum atomic E-state index is 9.70. The third kappa shape index (κ3) is 2.47. The molecule has 2 aromatic carbocycles. The molecular formula is C13H11ClO2. The molecule has 0 heterocycles. The molecule has 2 nitrogen and oxygen atoms in total. The minimum Gasteiger partial charge on any atom is -0.504 e. The Bertz CT molecular complexity index is 469. The van der Waals surface area contributed by atoms with Crippen molar-refractivity contribution in [2.24, 2.45) is 0 Å². The lowest BCUT2D eigenvalue weighted by molar-refractivity contribution is 0.411. The summed E-state index contributed by atoms with van der Waals surface area (Å²) in [5, 5.41) is 9.70. The Morgan fingerprint density at radius 1 is 1.06 bits per heavy atom. The number of benzene rings is 2. The third-order valence-corrected chi connectivity index (χ3v) is 2.46. The first-order chi connectivity index (χ1) is 7.79. The molecule has 0 aromatic heterocycles. The largest absolute Gasteiger partial charge is 0.504 e. The molecule has 0 aliphatic heterocycles. The molecule has 0 atom stereocenters. The van der Waals surface area contributed by atoms with Crippen LogP contribution in [0.2, 0.25) is 0 Å². The van der Waals surface area contributed by atoms with Crippen molar-refractivity contribution in [1.29, 1.82) is 0 Å². The van der Waals surface area contributed by atoms with E-state index in [1.807, 2.05) is 36.4 Å². The second-order valence-electron chi connectivity index (χ2n) is 3.35. The zero-order valence-electron chi connectivity index (χ0n) is 8.56. The topological polar surface area (TPSA) is 29.5 Å². The van der Waals surface area contributed by atoms with E-state index in [4.69, 9.17) is 16.3 Å². The summed E-state index contributed by atoms with van der Waals surface area (Å²) in [7, 11) is 0.